The highest BCUT2D eigenvalue weighted by molar-refractivity contribution is 7.07. The van der Waals surface area contributed by atoms with E-state index in [-0.39, 0.29) is 11.6 Å². The number of halogens is 1. The van der Waals surface area contributed by atoms with Gasteiger partial charge in [0, 0.05) is 17.5 Å². The summed E-state index contributed by atoms with van der Waals surface area (Å²) in [4.78, 5) is 5.71. The van der Waals surface area contributed by atoms with E-state index >= 15 is 0 Å². The van der Waals surface area contributed by atoms with Crippen LogP contribution < -0.4 is 9.54 Å². The van der Waals surface area contributed by atoms with Crippen molar-refractivity contribution in [3.8, 4) is 17.0 Å². The van der Waals surface area contributed by atoms with Crippen LogP contribution in [0.2, 0.25) is 0 Å². The lowest BCUT2D eigenvalue weighted by molar-refractivity contribution is 0.386. The summed E-state index contributed by atoms with van der Waals surface area (Å²) < 4.78 is 21.4. The Hall–Kier alpha value is -2.40. The maximum atomic E-state index is 14.2. The van der Waals surface area contributed by atoms with Gasteiger partial charge in [0.1, 0.15) is 0 Å². The Morgan fingerprint density at radius 1 is 1.12 bits per heavy atom. The van der Waals surface area contributed by atoms with E-state index in [1.807, 2.05) is 36.4 Å². The van der Waals surface area contributed by atoms with Gasteiger partial charge in [0.25, 0.3) is 0 Å². The molecular weight excluding hydrogens is 347 g/mol. The van der Waals surface area contributed by atoms with Crippen molar-refractivity contribution in [1.82, 2.24) is 4.57 Å². The number of aromatic nitrogens is 1. The maximum absolute atomic E-state index is 14.2. The van der Waals surface area contributed by atoms with E-state index in [0.717, 1.165) is 47.6 Å². The summed E-state index contributed by atoms with van der Waals surface area (Å²) in [7, 11) is 1.48. The lowest BCUT2D eigenvalue weighted by Gasteiger charge is -2.10. The van der Waals surface area contributed by atoms with Gasteiger partial charge in [0.05, 0.1) is 18.5 Å². The fraction of sp³-hybridized carbons (Fsp3) is 0.286. The van der Waals surface area contributed by atoms with E-state index in [4.69, 9.17) is 9.73 Å². The predicted molar refractivity (Wildman–Crippen MR) is 105 cm³/mol. The molecule has 3 nitrogen and oxygen atoms in total. The van der Waals surface area contributed by atoms with E-state index in [0.29, 0.717) is 0 Å². The van der Waals surface area contributed by atoms with Gasteiger partial charge in [0.2, 0.25) is 0 Å². The summed E-state index contributed by atoms with van der Waals surface area (Å²) in [6, 6.07) is 15.0. The van der Waals surface area contributed by atoms with Gasteiger partial charge >= 0.3 is 0 Å². The summed E-state index contributed by atoms with van der Waals surface area (Å²) in [5, 5.41) is 2.05. The van der Waals surface area contributed by atoms with Crippen molar-refractivity contribution in [1.29, 1.82) is 0 Å². The smallest absolute Gasteiger partial charge is 0.190 e. The molecule has 3 rings (SSSR count). The highest BCUT2D eigenvalue weighted by Gasteiger charge is 2.11. The van der Waals surface area contributed by atoms with Crippen molar-refractivity contribution in [2.45, 2.75) is 32.7 Å². The Kier molecular flexibility index (Phi) is 6.23. The fourth-order valence-electron chi connectivity index (χ4n) is 2.82. The molecular formula is C21H23FN2OS. The minimum absolute atomic E-state index is 0.260. The summed E-state index contributed by atoms with van der Waals surface area (Å²) in [5.74, 6) is -0.0893. The topological polar surface area (TPSA) is 26.5 Å². The second kappa shape index (κ2) is 8.81. The molecule has 0 fully saturated rings. The minimum Gasteiger partial charge on any atom is -0.494 e. The summed E-state index contributed by atoms with van der Waals surface area (Å²) in [6.07, 6.45) is 3.38. The number of unbranched alkanes of at least 4 members (excludes halogenated alkanes) is 2. The van der Waals surface area contributed by atoms with Crippen molar-refractivity contribution >= 4 is 17.0 Å². The molecule has 26 heavy (non-hydrogen) atoms. The van der Waals surface area contributed by atoms with Crippen LogP contribution in [0.4, 0.5) is 10.1 Å². The van der Waals surface area contributed by atoms with Crippen LogP contribution in [0.15, 0.2) is 58.9 Å². The van der Waals surface area contributed by atoms with Gasteiger partial charge in [-0.05, 0) is 36.8 Å². The Morgan fingerprint density at radius 3 is 2.62 bits per heavy atom. The largest absolute Gasteiger partial charge is 0.494 e. The number of methoxy groups -OCH3 is 1. The number of hydrogen-bond acceptors (Lipinski definition) is 3. The van der Waals surface area contributed by atoms with E-state index < -0.39 is 0 Å². The first-order chi connectivity index (χ1) is 12.7. The molecule has 136 valence electrons. The average molecular weight is 370 g/mol. The predicted octanol–water partition coefficient (Wildman–Crippen LogP) is 5.79. The number of hydrogen-bond donors (Lipinski definition) is 0. The molecule has 0 radical (unpaired) electrons. The Morgan fingerprint density at radius 2 is 1.92 bits per heavy atom. The molecule has 0 bridgehead atoms. The normalized spacial score (nSPS) is 11.7. The molecule has 0 saturated carbocycles. The van der Waals surface area contributed by atoms with Crippen molar-refractivity contribution in [3.63, 3.8) is 0 Å². The monoisotopic (exact) mass is 370 g/mol. The quantitative estimate of drug-likeness (QED) is 0.484. The molecule has 0 saturated heterocycles. The van der Waals surface area contributed by atoms with Crippen molar-refractivity contribution in [2.24, 2.45) is 4.99 Å². The van der Waals surface area contributed by atoms with Crippen LogP contribution in [-0.2, 0) is 6.54 Å². The van der Waals surface area contributed by atoms with Gasteiger partial charge in [-0.3, -0.25) is 0 Å². The molecule has 0 aliphatic rings. The van der Waals surface area contributed by atoms with Crippen LogP contribution in [0, 0.1) is 5.82 Å². The number of thiazole rings is 1. The molecule has 0 atom stereocenters. The van der Waals surface area contributed by atoms with Gasteiger partial charge in [-0.15, -0.1) is 11.3 Å². The second-order valence-electron chi connectivity index (χ2n) is 6.06. The molecule has 1 heterocycles. The van der Waals surface area contributed by atoms with Crippen LogP contribution in [0.3, 0.4) is 0 Å². The first kappa shape index (κ1) is 18.4. The number of benzene rings is 2. The van der Waals surface area contributed by atoms with Gasteiger partial charge < -0.3 is 9.30 Å². The number of ether oxygens (including phenoxy) is 1. The summed E-state index contributed by atoms with van der Waals surface area (Å²) in [6.45, 7) is 3.05. The third-order valence-corrected chi connectivity index (χ3v) is 5.08. The van der Waals surface area contributed by atoms with Crippen molar-refractivity contribution in [2.75, 3.05) is 7.11 Å². The highest BCUT2D eigenvalue weighted by Crippen LogP contribution is 2.26. The lowest BCUT2D eigenvalue weighted by atomic mass is 10.1. The Bertz CT molecular complexity index is 915. The van der Waals surface area contributed by atoms with E-state index in [2.05, 4.69) is 16.9 Å². The van der Waals surface area contributed by atoms with Crippen molar-refractivity contribution < 1.29 is 9.13 Å². The SMILES string of the molecule is CCCCCn1c(-c2ccc(OC)c(F)c2)csc1=Nc1ccccc1. The summed E-state index contributed by atoms with van der Waals surface area (Å²) >= 11 is 1.58. The molecule has 2 aromatic carbocycles. The average Bonchev–Trinajstić information content (AvgIpc) is 3.05. The highest BCUT2D eigenvalue weighted by atomic mass is 32.1. The summed E-state index contributed by atoms with van der Waals surface area (Å²) in [5.41, 5.74) is 2.75. The number of para-hydroxylation sites is 1. The molecule has 5 heteroatoms. The molecule has 3 aromatic rings. The molecule has 0 unspecified atom stereocenters. The second-order valence-corrected chi connectivity index (χ2v) is 6.90. The zero-order valence-electron chi connectivity index (χ0n) is 15.1. The third-order valence-electron chi connectivity index (χ3n) is 4.21. The molecule has 0 N–H and O–H groups in total. The first-order valence-electron chi connectivity index (χ1n) is 8.85. The molecule has 1 aromatic heterocycles. The first-order valence-corrected chi connectivity index (χ1v) is 9.73. The van der Waals surface area contributed by atoms with E-state index in [9.17, 15) is 4.39 Å². The zero-order valence-corrected chi connectivity index (χ0v) is 15.9. The van der Waals surface area contributed by atoms with Crippen LogP contribution in [0.5, 0.6) is 5.75 Å². The number of nitrogens with zero attached hydrogens (tertiary/aromatic N) is 2. The van der Waals surface area contributed by atoms with Crippen LogP contribution in [0.25, 0.3) is 11.3 Å². The van der Waals surface area contributed by atoms with Gasteiger partial charge in [-0.25, -0.2) is 9.38 Å². The molecule has 0 amide bonds. The van der Waals surface area contributed by atoms with Crippen LogP contribution >= 0.6 is 11.3 Å². The maximum Gasteiger partial charge on any atom is 0.190 e. The van der Waals surface area contributed by atoms with E-state index in [1.165, 1.54) is 13.2 Å². The van der Waals surface area contributed by atoms with Crippen LogP contribution in [0.1, 0.15) is 26.2 Å². The van der Waals surface area contributed by atoms with E-state index in [1.54, 1.807) is 17.4 Å². The number of rotatable bonds is 7. The van der Waals surface area contributed by atoms with Crippen LogP contribution in [-0.4, -0.2) is 11.7 Å². The Balaban J connectivity index is 2.05. The fourth-order valence-corrected chi connectivity index (χ4v) is 3.78. The molecule has 0 aliphatic carbocycles. The van der Waals surface area contributed by atoms with Gasteiger partial charge in [0.15, 0.2) is 16.4 Å². The molecule has 0 spiro atoms. The van der Waals surface area contributed by atoms with Gasteiger partial charge in [-0.2, -0.15) is 0 Å². The van der Waals surface area contributed by atoms with Gasteiger partial charge in [-0.1, -0.05) is 38.0 Å². The lowest BCUT2D eigenvalue weighted by Crippen LogP contribution is -2.16. The molecule has 0 aliphatic heterocycles. The third kappa shape index (κ3) is 4.22. The Labute approximate surface area is 157 Å². The minimum atomic E-state index is -0.349. The van der Waals surface area contributed by atoms with Crippen molar-refractivity contribution in [3.05, 3.63) is 64.5 Å². The zero-order chi connectivity index (χ0) is 18.4. The standard InChI is InChI=1S/C21H23FN2OS/c1-3-4-8-13-24-19(16-11-12-20(25-2)18(22)14-16)15-26-21(24)23-17-9-6-5-7-10-17/h5-7,9-12,14-15H,3-4,8,13H2,1-2H3.